The molecular formula is C56H41NS. The van der Waals surface area contributed by atoms with Crippen molar-refractivity contribution in [1.82, 2.24) is 0 Å². The molecule has 10 rings (SSSR count). The van der Waals surface area contributed by atoms with Gasteiger partial charge in [-0.25, -0.2) is 0 Å². The number of fused-ring (bicyclic) bond motifs is 4. The average Bonchev–Trinajstić information content (AvgIpc) is 3.65. The summed E-state index contributed by atoms with van der Waals surface area (Å²) in [4.78, 5) is 2.43. The molecule has 0 atom stereocenters. The Bertz CT molecular complexity index is 3150. The van der Waals surface area contributed by atoms with Gasteiger partial charge in [0.25, 0.3) is 0 Å². The van der Waals surface area contributed by atoms with Crippen molar-refractivity contribution in [3.63, 3.8) is 0 Å². The smallest absolute Gasteiger partial charge is 0.0540 e. The summed E-state index contributed by atoms with van der Waals surface area (Å²) < 4.78 is 2.61. The van der Waals surface area contributed by atoms with Crippen molar-refractivity contribution < 1.29 is 0 Å². The van der Waals surface area contributed by atoms with Gasteiger partial charge in [-0.15, -0.1) is 11.3 Å². The quantitative estimate of drug-likeness (QED) is 0.142. The van der Waals surface area contributed by atoms with Gasteiger partial charge in [0.1, 0.15) is 0 Å². The van der Waals surface area contributed by atoms with Crippen LogP contribution in [-0.4, -0.2) is 0 Å². The molecule has 0 aliphatic rings. The van der Waals surface area contributed by atoms with E-state index in [0.717, 1.165) is 29.1 Å². The third-order valence-electron chi connectivity index (χ3n) is 11.4. The van der Waals surface area contributed by atoms with Gasteiger partial charge in [-0.2, -0.15) is 0 Å². The molecule has 0 aliphatic heterocycles. The molecule has 9 aromatic carbocycles. The van der Waals surface area contributed by atoms with Crippen LogP contribution in [0.15, 0.2) is 213 Å². The lowest BCUT2D eigenvalue weighted by Crippen LogP contribution is -2.11. The van der Waals surface area contributed by atoms with Crippen molar-refractivity contribution in [2.45, 2.75) is 13.3 Å². The summed E-state index contributed by atoms with van der Waals surface area (Å²) in [5.74, 6) is 0. The molecule has 0 radical (unpaired) electrons. The largest absolute Gasteiger partial charge is 0.310 e. The summed E-state index contributed by atoms with van der Waals surface area (Å²) >= 11 is 1.86. The number of rotatable bonds is 9. The summed E-state index contributed by atoms with van der Waals surface area (Å²) in [5, 5.41) is 5.10. The molecule has 0 aliphatic carbocycles. The van der Waals surface area contributed by atoms with Crippen molar-refractivity contribution in [3.8, 4) is 33.4 Å². The Morgan fingerprint density at radius 3 is 2.00 bits per heavy atom. The fourth-order valence-electron chi connectivity index (χ4n) is 8.48. The molecule has 1 heterocycles. The molecule has 10 aromatic rings. The maximum absolute atomic E-state index is 4.68. The van der Waals surface area contributed by atoms with Gasteiger partial charge in [0.15, 0.2) is 0 Å². The number of hydrogen-bond acceptors (Lipinski definition) is 2. The van der Waals surface area contributed by atoms with Crippen molar-refractivity contribution in [3.05, 3.63) is 230 Å². The van der Waals surface area contributed by atoms with Crippen molar-refractivity contribution in [2.24, 2.45) is 0 Å². The molecule has 0 fully saturated rings. The zero-order chi connectivity index (χ0) is 39.0. The Balaban J connectivity index is 1.09. The van der Waals surface area contributed by atoms with Crippen LogP contribution in [0.4, 0.5) is 17.1 Å². The van der Waals surface area contributed by atoms with E-state index in [0.29, 0.717) is 0 Å². The van der Waals surface area contributed by atoms with E-state index in [1.165, 1.54) is 81.0 Å². The highest BCUT2D eigenvalue weighted by Crippen LogP contribution is 2.44. The van der Waals surface area contributed by atoms with Crippen LogP contribution in [0.5, 0.6) is 0 Å². The van der Waals surface area contributed by atoms with Crippen molar-refractivity contribution in [1.29, 1.82) is 0 Å². The normalized spacial score (nSPS) is 11.3. The molecule has 0 saturated carbocycles. The second kappa shape index (κ2) is 15.2. The molecular weight excluding hydrogens is 719 g/mol. The van der Waals surface area contributed by atoms with Crippen LogP contribution in [0.1, 0.15) is 16.7 Å². The number of para-hydroxylation sites is 1. The van der Waals surface area contributed by atoms with Gasteiger partial charge in [-0.3, -0.25) is 0 Å². The number of nitrogens with zero attached hydrogens (tertiary/aromatic N) is 1. The molecule has 2 heteroatoms. The topological polar surface area (TPSA) is 3.24 Å². The van der Waals surface area contributed by atoms with Crippen LogP contribution < -0.4 is 4.90 Å². The van der Waals surface area contributed by atoms with E-state index >= 15 is 0 Å². The van der Waals surface area contributed by atoms with Gasteiger partial charge in [0.2, 0.25) is 0 Å². The average molecular weight is 760 g/mol. The third-order valence-corrected chi connectivity index (χ3v) is 12.5. The third kappa shape index (κ3) is 6.68. The van der Waals surface area contributed by atoms with Crippen LogP contribution in [-0.2, 0) is 6.42 Å². The highest BCUT2D eigenvalue weighted by atomic mass is 32.1. The van der Waals surface area contributed by atoms with Gasteiger partial charge in [-0.1, -0.05) is 164 Å². The first kappa shape index (κ1) is 35.4. The van der Waals surface area contributed by atoms with Gasteiger partial charge < -0.3 is 4.90 Å². The Hall–Kier alpha value is -7.00. The molecule has 0 bridgehead atoms. The van der Waals surface area contributed by atoms with Gasteiger partial charge >= 0.3 is 0 Å². The standard InChI is InChI=1S/C56H41NS/c1-38-15-3-6-22-48(38)51-25-8-7-23-49(51)39(2)33-40-16-13-20-46(34-40)57(47-21-14-19-43(36-47)44-30-29-41-17-4-5-18-42(41)35-44)54-27-11-9-24-50(54)45-31-32-53-52-26-10-12-28-55(52)58-56(53)37-45/h3-32,34-37H,2,33H2,1H3. The summed E-state index contributed by atoms with van der Waals surface area (Å²) in [5.41, 5.74) is 15.3. The van der Waals surface area contributed by atoms with Crippen LogP contribution in [0.2, 0.25) is 0 Å². The SMILES string of the molecule is C=C(Cc1cccc(N(c2cccc(-c3ccc4ccccc4c3)c2)c2ccccc2-c2ccc3c(c2)sc2ccccc23)c1)c1ccccc1-c1ccccc1C. The van der Waals surface area contributed by atoms with Crippen LogP contribution in [0.3, 0.4) is 0 Å². The lowest BCUT2D eigenvalue weighted by Gasteiger charge is -2.29. The summed E-state index contributed by atoms with van der Waals surface area (Å²) in [6, 6.07) is 75.1. The summed E-state index contributed by atoms with van der Waals surface area (Å²) in [7, 11) is 0. The molecule has 276 valence electrons. The Kier molecular flexibility index (Phi) is 9.25. The van der Waals surface area contributed by atoms with E-state index in [-0.39, 0.29) is 0 Å². The number of anilines is 3. The van der Waals surface area contributed by atoms with Crippen molar-refractivity contribution >= 4 is 64.9 Å². The van der Waals surface area contributed by atoms with Gasteiger partial charge in [-0.05, 0) is 123 Å². The van der Waals surface area contributed by atoms with E-state index in [1.807, 2.05) is 11.3 Å². The number of benzene rings is 9. The predicted molar refractivity (Wildman–Crippen MR) is 252 cm³/mol. The minimum atomic E-state index is 0.728. The monoisotopic (exact) mass is 759 g/mol. The zero-order valence-corrected chi connectivity index (χ0v) is 33.2. The van der Waals surface area contributed by atoms with Gasteiger partial charge in [0.05, 0.1) is 5.69 Å². The van der Waals surface area contributed by atoms with Gasteiger partial charge in [0, 0.05) is 37.1 Å². The first-order valence-corrected chi connectivity index (χ1v) is 20.7. The minimum Gasteiger partial charge on any atom is -0.310 e. The van der Waals surface area contributed by atoms with E-state index in [2.05, 4.69) is 225 Å². The number of allylic oxidation sites excluding steroid dienone is 1. The molecule has 0 spiro atoms. The Morgan fingerprint density at radius 2 is 1.12 bits per heavy atom. The summed E-state index contributed by atoms with van der Waals surface area (Å²) in [6.07, 6.45) is 0.728. The maximum atomic E-state index is 4.68. The number of aryl methyl sites for hydroxylation is 1. The van der Waals surface area contributed by atoms with Crippen LogP contribution in [0.25, 0.3) is 69.9 Å². The highest BCUT2D eigenvalue weighted by Gasteiger charge is 2.20. The van der Waals surface area contributed by atoms with E-state index < -0.39 is 0 Å². The summed E-state index contributed by atoms with van der Waals surface area (Å²) in [6.45, 7) is 6.86. The number of thiophene rings is 1. The molecule has 0 amide bonds. The fraction of sp³-hybridized carbons (Fsp3) is 0.0357. The highest BCUT2D eigenvalue weighted by molar-refractivity contribution is 7.25. The number of hydrogen-bond donors (Lipinski definition) is 0. The molecule has 0 saturated heterocycles. The minimum absolute atomic E-state index is 0.728. The molecule has 0 N–H and O–H groups in total. The predicted octanol–water partition coefficient (Wildman–Crippen LogP) is 16.2. The van der Waals surface area contributed by atoms with E-state index in [4.69, 9.17) is 0 Å². The van der Waals surface area contributed by atoms with Crippen molar-refractivity contribution in [2.75, 3.05) is 4.90 Å². The van der Waals surface area contributed by atoms with Crippen LogP contribution >= 0.6 is 11.3 Å². The molecule has 58 heavy (non-hydrogen) atoms. The first-order chi connectivity index (χ1) is 28.6. The second-order valence-electron chi connectivity index (χ2n) is 15.1. The molecule has 1 nitrogen and oxygen atoms in total. The Morgan fingerprint density at radius 1 is 0.466 bits per heavy atom. The van der Waals surface area contributed by atoms with E-state index in [1.54, 1.807) is 0 Å². The molecule has 0 unspecified atom stereocenters. The van der Waals surface area contributed by atoms with E-state index in [9.17, 15) is 0 Å². The Labute approximate surface area is 344 Å². The fourth-order valence-corrected chi connectivity index (χ4v) is 9.62. The zero-order valence-electron chi connectivity index (χ0n) is 32.4. The second-order valence-corrected chi connectivity index (χ2v) is 16.2. The first-order valence-electron chi connectivity index (χ1n) is 19.9. The lowest BCUT2D eigenvalue weighted by molar-refractivity contribution is 1.24. The van der Waals surface area contributed by atoms with Crippen LogP contribution in [0, 0.1) is 6.92 Å². The lowest BCUT2D eigenvalue weighted by atomic mass is 9.90. The maximum Gasteiger partial charge on any atom is 0.0540 e. The molecule has 1 aromatic heterocycles.